The molecule has 4 aromatic rings. The van der Waals surface area contributed by atoms with Crippen LogP contribution in [0.1, 0.15) is 18.1 Å². The highest BCUT2D eigenvalue weighted by Gasteiger charge is 2.20. The summed E-state index contributed by atoms with van der Waals surface area (Å²) >= 11 is 1.36. The van der Waals surface area contributed by atoms with Crippen molar-refractivity contribution in [3.63, 3.8) is 0 Å². The van der Waals surface area contributed by atoms with E-state index in [1.54, 1.807) is 0 Å². The van der Waals surface area contributed by atoms with Crippen LogP contribution in [0.4, 0.5) is 0 Å². The third-order valence-corrected chi connectivity index (χ3v) is 5.43. The molecule has 0 amide bonds. The van der Waals surface area contributed by atoms with E-state index in [0.29, 0.717) is 5.16 Å². The second-order valence-corrected chi connectivity index (χ2v) is 7.68. The van der Waals surface area contributed by atoms with E-state index in [0.717, 1.165) is 27.7 Å². The molecule has 27 heavy (non-hydrogen) atoms. The highest BCUT2D eigenvalue weighted by Crippen LogP contribution is 2.28. The maximum atomic E-state index is 12.4. The number of fused-ring (bicyclic) bond motifs is 3. The summed E-state index contributed by atoms with van der Waals surface area (Å²) in [6.07, 6.45) is 0. The number of aryl methyl sites for hydroxylation is 1. The quantitative estimate of drug-likeness (QED) is 0.381. The molecule has 136 valence electrons. The number of hydrogen-bond donors (Lipinski definition) is 0. The molecule has 0 bridgehead atoms. The molecular weight excluding hydrogens is 358 g/mol. The predicted octanol–water partition coefficient (Wildman–Crippen LogP) is 4.41. The van der Waals surface area contributed by atoms with Crippen molar-refractivity contribution in [1.82, 2.24) is 14.6 Å². The van der Waals surface area contributed by atoms with E-state index in [1.165, 1.54) is 11.8 Å². The molecule has 0 saturated heterocycles. The van der Waals surface area contributed by atoms with Crippen LogP contribution in [0.2, 0.25) is 0 Å². The minimum atomic E-state index is -0.388. The average Bonchev–Trinajstić information content (AvgIpc) is 3.09. The van der Waals surface area contributed by atoms with Gasteiger partial charge in [0.2, 0.25) is 0 Å². The molecule has 0 N–H and O–H groups in total. The number of esters is 1. The standard InChI is InChI=1S/C21H19N3O2S/c1-14-12-19-22-23-21(24(19)18-11-7-6-10-17(14)18)27-15(2)20(25)26-13-16-8-4-3-5-9-16/h3-12,15H,13H2,1-2H3. The Kier molecular flexibility index (Phi) is 4.81. The monoisotopic (exact) mass is 377 g/mol. The Labute approximate surface area is 161 Å². The Bertz CT molecular complexity index is 1110. The van der Waals surface area contributed by atoms with E-state index in [4.69, 9.17) is 4.74 Å². The second kappa shape index (κ2) is 7.40. The zero-order chi connectivity index (χ0) is 18.8. The van der Waals surface area contributed by atoms with Gasteiger partial charge >= 0.3 is 5.97 Å². The lowest BCUT2D eigenvalue weighted by molar-refractivity contribution is -0.143. The first-order chi connectivity index (χ1) is 13.1. The first-order valence-corrected chi connectivity index (χ1v) is 9.62. The fourth-order valence-corrected chi connectivity index (χ4v) is 3.87. The molecule has 1 atom stereocenters. The van der Waals surface area contributed by atoms with Gasteiger partial charge in [-0.1, -0.05) is 60.3 Å². The average molecular weight is 377 g/mol. The Hall–Kier alpha value is -2.86. The normalized spacial score (nSPS) is 12.4. The van der Waals surface area contributed by atoms with Crippen LogP contribution in [-0.4, -0.2) is 25.8 Å². The topological polar surface area (TPSA) is 56.5 Å². The van der Waals surface area contributed by atoms with Crippen LogP contribution >= 0.6 is 11.8 Å². The molecule has 0 spiro atoms. The summed E-state index contributed by atoms with van der Waals surface area (Å²) in [5, 5.41) is 10.0. The van der Waals surface area contributed by atoms with Gasteiger partial charge in [-0.2, -0.15) is 0 Å². The van der Waals surface area contributed by atoms with Crippen molar-refractivity contribution in [3.05, 3.63) is 71.8 Å². The SMILES string of the molecule is Cc1cc2nnc(SC(C)C(=O)OCc3ccccc3)n2c2ccccc12. The van der Waals surface area contributed by atoms with Crippen LogP contribution in [0.5, 0.6) is 0 Å². The van der Waals surface area contributed by atoms with E-state index in [-0.39, 0.29) is 17.8 Å². The van der Waals surface area contributed by atoms with Gasteiger partial charge in [-0.05, 0) is 37.1 Å². The van der Waals surface area contributed by atoms with Crippen LogP contribution < -0.4 is 0 Å². The number of nitrogens with zero attached hydrogens (tertiary/aromatic N) is 3. The largest absolute Gasteiger partial charge is 0.460 e. The van der Waals surface area contributed by atoms with Gasteiger partial charge in [0.25, 0.3) is 0 Å². The fraction of sp³-hybridized carbons (Fsp3) is 0.190. The molecule has 0 aliphatic rings. The van der Waals surface area contributed by atoms with Crippen LogP contribution in [0.25, 0.3) is 16.6 Å². The maximum absolute atomic E-state index is 12.4. The molecule has 0 aliphatic carbocycles. The van der Waals surface area contributed by atoms with Crippen LogP contribution in [0.3, 0.4) is 0 Å². The van der Waals surface area contributed by atoms with Crippen molar-refractivity contribution in [2.75, 3.05) is 0 Å². The third kappa shape index (κ3) is 3.53. The Morgan fingerprint density at radius 3 is 2.67 bits per heavy atom. The maximum Gasteiger partial charge on any atom is 0.319 e. The van der Waals surface area contributed by atoms with Gasteiger partial charge in [0, 0.05) is 5.39 Å². The van der Waals surface area contributed by atoms with Crippen molar-refractivity contribution in [2.24, 2.45) is 0 Å². The van der Waals surface area contributed by atoms with E-state index < -0.39 is 0 Å². The van der Waals surface area contributed by atoms with Crippen molar-refractivity contribution >= 4 is 34.3 Å². The number of ether oxygens (including phenoxy) is 1. The Morgan fingerprint density at radius 2 is 1.85 bits per heavy atom. The molecule has 6 heteroatoms. The van der Waals surface area contributed by atoms with Crippen molar-refractivity contribution in [2.45, 2.75) is 30.9 Å². The summed E-state index contributed by atoms with van der Waals surface area (Å²) in [5.74, 6) is -0.267. The molecule has 0 aliphatic heterocycles. The summed E-state index contributed by atoms with van der Waals surface area (Å²) in [6.45, 7) is 4.16. The number of para-hydroxylation sites is 1. The number of carbonyl (C=O) groups is 1. The van der Waals surface area contributed by atoms with E-state index in [1.807, 2.05) is 65.9 Å². The van der Waals surface area contributed by atoms with Crippen molar-refractivity contribution in [3.8, 4) is 0 Å². The molecule has 2 heterocycles. The van der Waals surface area contributed by atoms with Crippen LogP contribution in [0.15, 0.2) is 65.8 Å². The number of aromatic nitrogens is 3. The van der Waals surface area contributed by atoms with E-state index in [9.17, 15) is 4.79 Å². The lowest BCUT2D eigenvalue weighted by Gasteiger charge is -2.11. The first kappa shape index (κ1) is 17.5. The predicted molar refractivity (Wildman–Crippen MR) is 107 cm³/mol. The minimum Gasteiger partial charge on any atom is -0.460 e. The zero-order valence-corrected chi connectivity index (χ0v) is 15.9. The summed E-state index contributed by atoms with van der Waals surface area (Å²) < 4.78 is 7.43. The molecule has 0 fully saturated rings. The fourth-order valence-electron chi connectivity index (χ4n) is 3.00. The molecular formula is C21H19N3O2S. The van der Waals surface area contributed by atoms with Gasteiger partial charge in [-0.15, -0.1) is 10.2 Å². The summed E-state index contributed by atoms with van der Waals surface area (Å²) in [7, 11) is 0. The highest BCUT2D eigenvalue weighted by atomic mass is 32.2. The number of rotatable bonds is 5. The lowest BCUT2D eigenvalue weighted by Crippen LogP contribution is -2.17. The summed E-state index contributed by atoms with van der Waals surface area (Å²) in [5.41, 5.74) is 3.93. The van der Waals surface area contributed by atoms with Crippen molar-refractivity contribution in [1.29, 1.82) is 0 Å². The molecule has 4 rings (SSSR count). The number of carbonyl (C=O) groups excluding carboxylic acids is 1. The second-order valence-electron chi connectivity index (χ2n) is 6.37. The van der Waals surface area contributed by atoms with Gasteiger partial charge in [0.05, 0.1) is 5.52 Å². The Morgan fingerprint density at radius 1 is 1.11 bits per heavy atom. The molecule has 1 unspecified atom stereocenters. The Balaban J connectivity index is 1.56. The van der Waals surface area contributed by atoms with Gasteiger partial charge in [-0.3, -0.25) is 9.20 Å². The molecule has 5 nitrogen and oxygen atoms in total. The molecule has 0 saturated carbocycles. The van der Waals surface area contributed by atoms with Gasteiger partial charge in [-0.25, -0.2) is 0 Å². The first-order valence-electron chi connectivity index (χ1n) is 8.74. The number of thioether (sulfide) groups is 1. The van der Waals surface area contributed by atoms with Crippen LogP contribution in [-0.2, 0) is 16.1 Å². The molecule has 2 aromatic heterocycles. The number of pyridine rings is 1. The number of hydrogen-bond acceptors (Lipinski definition) is 5. The summed E-state index contributed by atoms with van der Waals surface area (Å²) in [6, 6.07) is 19.8. The summed E-state index contributed by atoms with van der Waals surface area (Å²) in [4.78, 5) is 12.4. The molecule has 0 radical (unpaired) electrons. The van der Waals surface area contributed by atoms with E-state index >= 15 is 0 Å². The smallest absolute Gasteiger partial charge is 0.319 e. The third-order valence-electron chi connectivity index (χ3n) is 4.41. The van der Waals surface area contributed by atoms with E-state index in [2.05, 4.69) is 23.2 Å². The zero-order valence-electron chi connectivity index (χ0n) is 15.1. The minimum absolute atomic E-state index is 0.267. The van der Waals surface area contributed by atoms with Gasteiger partial charge in [0.15, 0.2) is 10.8 Å². The van der Waals surface area contributed by atoms with Gasteiger partial charge < -0.3 is 4.74 Å². The van der Waals surface area contributed by atoms with Gasteiger partial charge in [0.1, 0.15) is 11.9 Å². The van der Waals surface area contributed by atoms with Crippen LogP contribution in [0, 0.1) is 6.92 Å². The van der Waals surface area contributed by atoms with Crippen molar-refractivity contribution < 1.29 is 9.53 Å². The lowest BCUT2D eigenvalue weighted by atomic mass is 10.1. The highest BCUT2D eigenvalue weighted by molar-refractivity contribution is 8.00. The number of benzene rings is 2. The molecule has 2 aromatic carbocycles.